The molecular weight excluding hydrogens is 520 g/mol. The van der Waals surface area contributed by atoms with Crippen LogP contribution in [0.3, 0.4) is 0 Å². The number of nitrogens with zero attached hydrogens (tertiary/aromatic N) is 3. The molecule has 16 heteroatoms. The summed E-state index contributed by atoms with van der Waals surface area (Å²) in [5, 5.41) is 26.0. The van der Waals surface area contributed by atoms with E-state index in [0.29, 0.717) is 11.4 Å². The molecule has 0 unspecified atom stereocenters. The lowest BCUT2D eigenvalue weighted by atomic mass is 10.1. The number of H-pyrrole nitrogens is 1. The Balaban J connectivity index is 1.56. The van der Waals surface area contributed by atoms with Crippen LogP contribution < -0.4 is 27.2 Å². The molecule has 0 aliphatic heterocycles. The Labute approximate surface area is 219 Å². The zero-order chi connectivity index (χ0) is 27.8. The van der Waals surface area contributed by atoms with E-state index in [2.05, 4.69) is 48.5 Å². The fourth-order valence-corrected chi connectivity index (χ4v) is 3.46. The normalized spacial score (nSPS) is 12.3. The van der Waals surface area contributed by atoms with Crippen LogP contribution in [0.25, 0.3) is 11.2 Å². The van der Waals surface area contributed by atoms with Gasteiger partial charge in [0.25, 0.3) is 11.5 Å². The maximum absolute atomic E-state index is 12.5. The van der Waals surface area contributed by atoms with Gasteiger partial charge in [0.15, 0.2) is 11.2 Å². The van der Waals surface area contributed by atoms with Crippen molar-refractivity contribution in [2.24, 2.45) is 0 Å². The Morgan fingerprint density at radius 1 is 1.03 bits per heavy atom. The van der Waals surface area contributed by atoms with Crippen LogP contribution in [-0.4, -0.2) is 71.7 Å². The summed E-state index contributed by atoms with van der Waals surface area (Å²) in [6, 6.07) is 3.54. The van der Waals surface area contributed by atoms with Crippen molar-refractivity contribution in [2.45, 2.75) is 31.5 Å². The third kappa shape index (κ3) is 7.39. The fourth-order valence-electron chi connectivity index (χ4n) is 3.21. The third-order valence-electron chi connectivity index (χ3n) is 5.19. The lowest BCUT2D eigenvalue weighted by Crippen LogP contribution is -2.44. The maximum atomic E-state index is 12.5. The number of aliphatic carboxylic acids is 2. The minimum atomic E-state index is -1.37. The van der Waals surface area contributed by atoms with E-state index < -0.39 is 41.4 Å². The van der Waals surface area contributed by atoms with Crippen LogP contribution >= 0.6 is 12.6 Å². The van der Waals surface area contributed by atoms with E-state index in [1.54, 1.807) is 12.1 Å². The lowest BCUT2D eigenvalue weighted by Gasteiger charge is -2.16. The van der Waals surface area contributed by atoms with Crippen molar-refractivity contribution in [3.05, 3.63) is 52.1 Å². The molecule has 0 saturated heterocycles. The van der Waals surface area contributed by atoms with Gasteiger partial charge >= 0.3 is 11.9 Å². The summed E-state index contributed by atoms with van der Waals surface area (Å²) >= 11 is 3.84. The van der Waals surface area contributed by atoms with E-state index in [1.165, 1.54) is 18.3 Å². The number of nitrogen functional groups attached to an aromatic ring is 1. The maximum Gasteiger partial charge on any atom is 0.327 e. The number of rotatable bonds is 12. The second kappa shape index (κ2) is 12.5. The Morgan fingerprint density at radius 3 is 2.34 bits per heavy atom. The van der Waals surface area contributed by atoms with Crippen molar-refractivity contribution in [1.29, 1.82) is 0 Å². The van der Waals surface area contributed by atoms with Gasteiger partial charge in [0.05, 0.1) is 18.4 Å². The van der Waals surface area contributed by atoms with Gasteiger partial charge < -0.3 is 31.9 Å². The number of benzene rings is 1. The summed E-state index contributed by atoms with van der Waals surface area (Å²) in [6.45, 7) is 0.206. The number of carboxylic acid groups (broad SMARTS) is 2. The van der Waals surface area contributed by atoms with Crippen LogP contribution in [0.2, 0.25) is 0 Å². The first-order valence-corrected chi connectivity index (χ1v) is 11.7. The molecule has 0 bridgehead atoms. The van der Waals surface area contributed by atoms with E-state index in [9.17, 15) is 29.1 Å². The van der Waals surface area contributed by atoms with Crippen LogP contribution in [-0.2, 0) is 20.9 Å². The number of hydrogen-bond acceptors (Lipinski definition) is 11. The topological polar surface area (TPSA) is 242 Å². The van der Waals surface area contributed by atoms with Crippen LogP contribution in [0.15, 0.2) is 35.3 Å². The molecule has 3 aromatic rings. The molecular formula is C22H24N8O7S. The molecule has 2 aromatic heterocycles. The molecule has 15 nitrogen and oxygen atoms in total. The van der Waals surface area contributed by atoms with E-state index >= 15 is 0 Å². The average molecular weight is 545 g/mol. The number of nitrogens with two attached hydrogens (primary N) is 1. The predicted octanol–water partition coefficient (Wildman–Crippen LogP) is -0.630. The van der Waals surface area contributed by atoms with Gasteiger partial charge in [0, 0.05) is 23.4 Å². The number of aromatic nitrogens is 4. The Morgan fingerprint density at radius 2 is 1.71 bits per heavy atom. The highest BCUT2D eigenvalue weighted by Gasteiger charge is 2.23. The second-order valence-corrected chi connectivity index (χ2v) is 8.32. The van der Waals surface area contributed by atoms with Gasteiger partial charge in [-0.05, 0) is 30.7 Å². The number of amides is 2. The van der Waals surface area contributed by atoms with E-state index in [0.717, 1.165) is 0 Å². The fraction of sp³-hybridized carbons (Fsp3) is 0.273. The summed E-state index contributed by atoms with van der Waals surface area (Å²) in [5.41, 5.74) is 6.37. The summed E-state index contributed by atoms with van der Waals surface area (Å²) in [6.07, 6.45) is 0.878. The number of thiol groups is 1. The first-order valence-electron chi connectivity index (χ1n) is 11.1. The van der Waals surface area contributed by atoms with Gasteiger partial charge in [-0.3, -0.25) is 19.4 Å². The minimum Gasteiger partial charge on any atom is -0.480 e. The number of carbonyl (C=O) groups is 4. The molecule has 3 rings (SSSR count). The average Bonchev–Trinajstić information content (AvgIpc) is 2.88. The van der Waals surface area contributed by atoms with Gasteiger partial charge in [0.2, 0.25) is 11.9 Å². The monoisotopic (exact) mass is 544 g/mol. The van der Waals surface area contributed by atoms with Crippen LogP contribution in [0.5, 0.6) is 0 Å². The van der Waals surface area contributed by atoms with Crippen molar-refractivity contribution in [1.82, 2.24) is 30.6 Å². The van der Waals surface area contributed by atoms with E-state index in [4.69, 9.17) is 10.8 Å². The van der Waals surface area contributed by atoms with Gasteiger partial charge in [0.1, 0.15) is 12.1 Å². The molecule has 0 aliphatic carbocycles. The number of carboxylic acids is 2. The second-order valence-electron chi connectivity index (χ2n) is 7.96. The summed E-state index contributed by atoms with van der Waals surface area (Å²) in [7, 11) is 0. The molecule has 0 fully saturated rings. The number of hydrogen-bond donors (Lipinski definition) is 8. The zero-order valence-electron chi connectivity index (χ0n) is 19.7. The number of nitrogens with one attached hydrogen (secondary N) is 4. The molecule has 200 valence electrons. The molecule has 8 N–H and O–H groups in total. The molecule has 0 saturated carbocycles. The minimum absolute atomic E-state index is 0.0411. The van der Waals surface area contributed by atoms with Gasteiger partial charge in [-0.2, -0.15) is 17.6 Å². The number of anilines is 2. The zero-order valence-corrected chi connectivity index (χ0v) is 20.6. The Kier molecular flexibility index (Phi) is 9.15. The summed E-state index contributed by atoms with van der Waals surface area (Å²) in [5.74, 6) is -4.16. The molecule has 0 radical (unpaired) electrons. The highest BCUT2D eigenvalue weighted by atomic mass is 32.1. The number of carbonyl (C=O) groups excluding carboxylic acids is 2. The third-order valence-corrected chi connectivity index (χ3v) is 5.55. The predicted molar refractivity (Wildman–Crippen MR) is 138 cm³/mol. The molecule has 0 aliphatic rings. The van der Waals surface area contributed by atoms with Crippen LogP contribution in [0, 0.1) is 0 Å². The molecule has 0 spiro atoms. The lowest BCUT2D eigenvalue weighted by molar-refractivity contribution is -0.142. The van der Waals surface area contributed by atoms with Crippen molar-refractivity contribution in [3.8, 4) is 0 Å². The number of fused-ring (bicyclic) bond motifs is 1. The smallest absolute Gasteiger partial charge is 0.327 e. The van der Waals surface area contributed by atoms with E-state index in [-0.39, 0.29) is 47.8 Å². The summed E-state index contributed by atoms with van der Waals surface area (Å²) < 4.78 is 0. The quantitative estimate of drug-likeness (QED) is 0.133. The largest absolute Gasteiger partial charge is 0.480 e. The van der Waals surface area contributed by atoms with Gasteiger partial charge in [-0.15, -0.1) is 0 Å². The summed E-state index contributed by atoms with van der Waals surface area (Å²) in [4.78, 5) is 73.5. The van der Waals surface area contributed by atoms with Crippen molar-refractivity contribution in [3.63, 3.8) is 0 Å². The van der Waals surface area contributed by atoms with Crippen molar-refractivity contribution < 1.29 is 29.4 Å². The first kappa shape index (κ1) is 27.9. The van der Waals surface area contributed by atoms with E-state index in [1.807, 2.05) is 0 Å². The SMILES string of the molecule is Nc1nc2ncc(CNc3ccc(C(=O)N[C@H](CCC(=O)N[C@H](CS)C(=O)O)C(=O)O)cc3)nc2c(=O)[nH]1. The Bertz CT molecular complexity index is 1410. The number of aromatic amines is 1. The molecule has 1 aromatic carbocycles. The molecule has 2 atom stereocenters. The highest BCUT2D eigenvalue weighted by Crippen LogP contribution is 2.12. The standard InChI is InChI=1S/C22H24N8O7S/c23-22-29-17-16(19(33)30-22)26-12(8-25-17)7-24-11-3-1-10(2-4-11)18(32)28-13(20(34)35)5-6-15(31)27-14(9-38)21(36)37/h1-4,8,13-14,24,38H,5-7,9H2,(H,27,31)(H,28,32)(H,34,35)(H,36,37)(H3,23,25,29,30,33)/t13-,14-/m1/s1. The highest BCUT2D eigenvalue weighted by molar-refractivity contribution is 7.80. The van der Waals surface area contributed by atoms with Crippen LogP contribution in [0.4, 0.5) is 11.6 Å². The first-order chi connectivity index (χ1) is 18.1. The molecule has 38 heavy (non-hydrogen) atoms. The molecule has 2 heterocycles. The van der Waals surface area contributed by atoms with Gasteiger partial charge in [-0.25, -0.2) is 19.6 Å². The molecule has 2 amide bonds. The Hall–Kier alpha value is -4.73. The van der Waals surface area contributed by atoms with Crippen molar-refractivity contribution in [2.75, 3.05) is 16.8 Å². The van der Waals surface area contributed by atoms with Crippen LogP contribution in [0.1, 0.15) is 28.9 Å². The van der Waals surface area contributed by atoms with Gasteiger partial charge in [-0.1, -0.05) is 0 Å². The van der Waals surface area contributed by atoms with Crippen molar-refractivity contribution >= 4 is 59.2 Å².